The van der Waals surface area contributed by atoms with E-state index in [0.717, 1.165) is 69.3 Å². The second kappa shape index (κ2) is 6.69. The number of imidazole rings is 1. The van der Waals surface area contributed by atoms with Gasteiger partial charge in [-0.1, -0.05) is 6.07 Å². The minimum Gasteiger partial charge on any atom is -0.335 e. The lowest BCUT2D eigenvalue weighted by Crippen LogP contribution is -2.48. The number of hydrogen-bond acceptors (Lipinski definition) is 4. The van der Waals surface area contributed by atoms with E-state index in [1.165, 1.54) is 11.3 Å². The number of nitrogens with zero attached hydrogens (tertiary/aromatic N) is 4. The molecule has 4 heterocycles. The largest absolute Gasteiger partial charge is 0.335 e. The van der Waals surface area contributed by atoms with Gasteiger partial charge in [0, 0.05) is 50.6 Å². The molecule has 1 amide bonds. The van der Waals surface area contributed by atoms with Gasteiger partial charge in [0.05, 0.1) is 5.69 Å². The van der Waals surface area contributed by atoms with Gasteiger partial charge in [-0.25, -0.2) is 4.98 Å². The molecule has 1 fully saturated rings. The zero-order chi connectivity index (χ0) is 16.5. The van der Waals surface area contributed by atoms with E-state index in [0.29, 0.717) is 0 Å². The highest BCUT2D eigenvalue weighted by Gasteiger charge is 2.28. The van der Waals surface area contributed by atoms with Crippen LogP contribution in [0.5, 0.6) is 0 Å². The van der Waals surface area contributed by atoms with Crippen molar-refractivity contribution in [2.24, 2.45) is 0 Å². The fourth-order valence-corrected chi connectivity index (χ4v) is 4.51. The van der Waals surface area contributed by atoms with E-state index in [-0.39, 0.29) is 5.91 Å². The van der Waals surface area contributed by atoms with E-state index in [4.69, 9.17) is 0 Å². The zero-order valence-corrected chi connectivity index (χ0v) is 15.0. The number of carbonyl (C=O) groups excluding carboxylic acids is 1. The van der Waals surface area contributed by atoms with Gasteiger partial charge in [-0.3, -0.25) is 9.69 Å². The van der Waals surface area contributed by atoms with Crippen LogP contribution < -0.4 is 0 Å². The van der Waals surface area contributed by atoms with Crippen molar-refractivity contribution in [3.63, 3.8) is 0 Å². The smallest absolute Gasteiger partial charge is 0.272 e. The molecule has 2 aliphatic heterocycles. The van der Waals surface area contributed by atoms with E-state index >= 15 is 0 Å². The van der Waals surface area contributed by atoms with E-state index in [1.54, 1.807) is 11.3 Å². The minimum absolute atomic E-state index is 0.170. The Kier molecular flexibility index (Phi) is 4.41. The lowest BCUT2D eigenvalue weighted by molar-refractivity contribution is 0.0617. The van der Waals surface area contributed by atoms with E-state index in [1.807, 2.05) is 11.8 Å². The molecule has 0 radical (unpaired) electrons. The molecule has 0 spiro atoms. The first kappa shape index (κ1) is 15.8. The normalized spacial score (nSPS) is 18.6. The summed E-state index contributed by atoms with van der Waals surface area (Å²) in [6.07, 6.45) is 3.34. The molecule has 0 aromatic carbocycles. The third-order valence-corrected chi connectivity index (χ3v) is 5.94. The standard InChI is InChI=1S/C18H24N4OS/c1-14-17(22-7-3-2-6-16(22)19-14)18(23)21-10-8-20(9-11-21)13-15-5-4-12-24-15/h4-5,12H,2-3,6-11,13H2,1H3. The Hall–Kier alpha value is -1.66. The maximum Gasteiger partial charge on any atom is 0.272 e. The molecular formula is C18H24N4OS. The van der Waals surface area contributed by atoms with Gasteiger partial charge in [-0.2, -0.15) is 0 Å². The highest BCUT2D eigenvalue weighted by Crippen LogP contribution is 2.22. The quantitative estimate of drug-likeness (QED) is 0.859. The van der Waals surface area contributed by atoms with Crippen LogP contribution in [0.2, 0.25) is 0 Å². The van der Waals surface area contributed by atoms with Crippen molar-refractivity contribution < 1.29 is 4.79 Å². The van der Waals surface area contributed by atoms with Crippen molar-refractivity contribution in [3.8, 4) is 0 Å². The number of amides is 1. The van der Waals surface area contributed by atoms with Crippen LogP contribution in [-0.2, 0) is 19.5 Å². The molecule has 0 saturated carbocycles. The molecule has 0 aliphatic carbocycles. The predicted molar refractivity (Wildman–Crippen MR) is 95.4 cm³/mol. The molecule has 0 bridgehead atoms. The third-order valence-electron chi connectivity index (χ3n) is 5.07. The molecule has 1 saturated heterocycles. The minimum atomic E-state index is 0.170. The van der Waals surface area contributed by atoms with Crippen molar-refractivity contribution in [1.29, 1.82) is 0 Å². The summed E-state index contributed by atoms with van der Waals surface area (Å²) in [5.41, 5.74) is 1.73. The third kappa shape index (κ3) is 3.00. The molecule has 128 valence electrons. The van der Waals surface area contributed by atoms with Crippen molar-refractivity contribution >= 4 is 17.2 Å². The molecule has 2 aliphatic rings. The van der Waals surface area contributed by atoms with Crippen LogP contribution in [0.4, 0.5) is 0 Å². The summed E-state index contributed by atoms with van der Waals surface area (Å²) >= 11 is 1.81. The van der Waals surface area contributed by atoms with E-state index < -0.39 is 0 Å². The van der Waals surface area contributed by atoms with E-state index in [9.17, 15) is 4.79 Å². The number of piperazine rings is 1. The molecule has 6 heteroatoms. The van der Waals surface area contributed by atoms with Gasteiger partial charge in [-0.15, -0.1) is 11.3 Å². The molecule has 5 nitrogen and oxygen atoms in total. The monoisotopic (exact) mass is 344 g/mol. The number of aryl methyl sites for hydroxylation is 2. The van der Waals surface area contributed by atoms with Crippen LogP contribution in [0.3, 0.4) is 0 Å². The van der Waals surface area contributed by atoms with Crippen LogP contribution in [0.25, 0.3) is 0 Å². The summed E-state index contributed by atoms with van der Waals surface area (Å²) in [6.45, 7) is 7.43. The summed E-state index contributed by atoms with van der Waals surface area (Å²) < 4.78 is 2.17. The maximum atomic E-state index is 13.0. The Morgan fingerprint density at radius 1 is 1.21 bits per heavy atom. The number of thiophene rings is 1. The summed E-state index contributed by atoms with van der Waals surface area (Å²) in [5.74, 6) is 1.27. The van der Waals surface area contributed by atoms with Gasteiger partial charge in [0.2, 0.25) is 0 Å². The Morgan fingerprint density at radius 3 is 2.79 bits per heavy atom. The van der Waals surface area contributed by atoms with Gasteiger partial charge in [0.15, 0.2) is 0 Å². The van der Waals surface area contributed by atoms with Crippen molar-refractivity contribution in [1.82, 2.24) is 19.4 Å². The van der Waals surface area contributed by atoms with Crippen molar-refractivity contribution in [2.75, 3.05) is 26.2 Å². The Labute approximate surface area is 146 Å². The van der Waals surface area contributed by atoms with Crippen LogP contribution >= 0.6 is 11.3 Å². The highest BCUT2D eigenvalue weighted by molar-refractivity contribution is 7.09. The van der Waals surface area contributed by atoms with Gasteiger partial charge < -0.3 is 9.47 Å². The second-order valence-corrected chi connectivity index (χ2v) is 7.75. The first-order valence-electron chi connectivity index (χ1n) is 8.82. The van der Waals surface area contributed by atoms with Crippen LogP contribution in [0, 0.1) is 6.92 Å². The molecule has 24 heavy (non-hydrogen) atoms. The average Bonchev–Trinajstić information content (AvgIpc) is 3.21. The predicted octanol–water partition coefficient (Wildman–Crippen LogP) is 2.55. The lowest BCUT2D eigenvalue weighted by Gasteiger charge is -2.34. The Balaban J connectivity index is 1.42. The lowest BCUT2D eigenvalue weighted by atomic mass is 10.1. The molecule has 0 unspecified atom stereocenters. The van der Waals surface area contributed by atoms with Crippen LogP contribution in [-0.4, -0.2) is 51.4 Å². The second-order valence-electron chi connectivity index (χ2n) is 6.72. The highest BCUT2D eigenvalue weighted by atomic mass is 32.1. The summed E-state index contributed by atoms with van der Waals surface area (Å²) in [4.78, 5) is 23.5. The first-order valence-corrected chi connectivity index (χ1v) is 9.70. The van der Waals surface area contributed by atoms with Gasteiger partial charge in [-0.05, 0) is 31.2 Å². The van der Waals surface area contributed by atoms with Gasteiger partial charge >= 0.3 is 0 Å². The molecule has 2 aromatic heterocycles. The Bertz CT molecular complexity index is 714. The maximum absolute atomic E-state index is 13.0. The fourth-order valence-electron chi connectivity index (χ4n) is 3.77. The number of carbonyl (C=O) groups is 1. The molecule has 2 aromatic rings. The van der Waals surface area contributed by atoms with E-state index in [2.05, 4.69) is 32.0 Å². The number of fused-ring (bicyclic) bond motifs is 1. The summed E-state index contributed by atoms with van der Waals surface area (Å²) in [7, 11) is 0. The van der Waals surface area contributed by atoms with Crippen molar-refractivity contribution in [3.05, 3.63) is 39.6 Å². The van der Waals surface area contributed by atoms with Crippen molar-refractivity contribution in [2.45, 2.75) is 39.3 Å². The Morgan fingerprint density at radius 2 is 2.04 bits per heavy atom. The van der Waals surface area contributed by atoms with Gasteiger partial charge in [0.1, 0.15) is 11.5 Å². The number of hydrogen-bond donors (Lipinski definition) is 0. The molecule has 0 N–H and O–H groups in total. The molecule has 4 rings (SSSR count). The average molecular weight is 344 g/mol. The topological polar surface area (TPSA) is 41.4 Å². The molecule has 0 atom stereocenters. The first-order chi connectivity index (χ1) is 11.7. The summed E-state index contributed by atoms with van der Waals surface area (Å²) in [6, 6.07) is 4.29. The fraction of sp³-hybridized carbons (Fsp3) is 0.556. The SMILES string of the molecule is Cc1nc2n(c1C(=O)N1CCN(Cc3cccs3)CC1)CCCC2. The van der Waals surface area contributed by atoms with Crippen LogP contribution in [0.1, 0.15) is 39.7 Å². The number of aromatic nitrogens is 2. The van der Waals surface area contributed by atoms with Gasteiger partial charge in [0.25, 0.3) is 5.91 Å². The molecular weight excluding hydrogens is 320 g/mol. The van der Waals surface area contributed by atoms with Crippen LogP contribution in [0.15, 0.2) is 17.5 Å². The number of rotatable bonds is 3. The summed E-state index contributed by atoms with van der Waals surface area (Å²) in [5, 5.41) is 2.13. The zero-order valence-electron chi connectivity index (χ0n) is 14.2.